The van der Waals surface area contributed by atoms with Gasteiger partial charge >= 0.3 is 0 Å². The summed E-state index contributed by atoms with van der Waals surface area (Å²) in [6, 6.07) is 19.1. The average Bonchev–Trinajstić information content (AvgIpc) is 3.22. The predicted molar refractivity (Wildman–Crippen MR) is 116 cm³/mol. The van der Waals surface area contributed by atoms with Crippen molar-refractivity contribution < 1.29 is 4.74 Å². The largest absolute Gasteiger partial charge is 0.497 e. The number of ether oxygens (including phenoxy) is 1. The van der Waals surface area contributed by atoms with Gasteiger partial charge in [-0.3, -0.25) is 9.88 Å². The van der Waals surface area contributed by atoms with E-state index in [1.165, 1.54) is 17.5 Å². The van der Waals surface area contributed by atoms with Crippen LogP contribution in [0.15, 0.2) is 60.8 Å². The zero-order valence-electron chi connectivity index (χ0n) is 17.1. The molecule has 1 unspecified atom stereocenters. The second-order valence-corrected chi connectivity index (χ2v) is 7.47. The van der Waals surface area contributed by atoms with Gasteiger partial charge in [0, 0.05) is 37.5 Å². The van der Waals surface area contributed by atoms with Crippen LogP contribution < -0.4 is 10.1 Å². The number of hydrogen-bond donors (Lipinski definition) is 1. The van der Waals surface area contributed by atoms with Gasteiger partial charge in [0.25, 0.3) is 0 Å². The molecular formula is C24H28N4O. The minimum atomic E-state index is 0.352. The fourth-order valence-corrected chi connectivity index (χ4v) is 4.13. The lowest BCUT2D eigenvalue weighted by molar-refractivity contribution is 0.244. The molecule has 1 fully saturated rings. The van der Waals surface area contributed by atoms with Gasteiger partial charge in [0.05, 0.1) is 18.8 Å². The summed E-state index contributed by atoms with van der Waals surface area (Å²) in [5, 5.41) is 3.21. The van der Waals surface area contributed by atoms with Gasteiger partial charge < -0.3 is 10.1 Å². The van der Waals surface area contributed by atoms with Crippen LogP contribution in [0.4, 0.5) is 5.82 Å². The summed E-state index contributed by atoms with van der Waals surface area (Å²) in [5.74, 6) is 1.84. The third kappa shape index (κ3) is 4.57. The molecule has 0 amide bonds. The van der Waals surface area contributed by atoms with Crippen LogP contribution in [0.2, 0.25) is 0 Å². The molecule has 1 aliphatic rings. The van der Waals surface area contributed by atoms with E-state index >= 15 is 0 Å². The van der Waals surface area contributed by atoms with Crippen LogP contribution in [0.3, 0.4) is 0 Å². The molecule has 0 saturated carbocycles. The first-order valence-electron chi connectivity index (χ1n) is 10.2. The van der Waals surface area contributed by atoms with Crippen molar-refractivity contribution >= 4 is 5.82 Å². The Bertz CT molecular complexity index is 959. The van der Waals surface area contributed by atoms with Crippen LogP contribution in [0, 0.1) is 0 Å². The summed E-state index contributed by atoms with van der Waals surface area (Å²) in [4.78, 5) is 12.0. The summed E-state index contributed by atoms with van der Waals surface area (Å²) < 4.78 is 5.35. The topological polar surface area (TPSA) is 50.3 Å². The minimum absolute atomic E-state index is 0.352. The molecule has 1 N–H and O–H groups in total. The minimum Gasteiger partial charge on any atom is -0.497 e. The van der Waals surface area contributed by atoms with Gasteiger partial charge in [-0.25, -0.2) is 4.98 Å². The number of hydrogen-bond acceptors (Lipinski definition) is 5. The summed E-state index contributed by atoms with van der Waals surface area (Å²) in [5.41, 5.74) is 4.71. The van der Waals surface area contributed by atoms with E-state index in [0.29, 0.717) is 6.04 Å². The van der Waals surface area contributed by atoms with Gasteiger partial charge in [-0.05, 0) is 55.3 Å². The third-order valence-electron chi connectivity index (χ3n) is 5.55. The van der Waals surface area contributed by atoms with Crippen molar-refractivity contribution in [3.63, 3.8) is 0 Å². The quantitative estimate of drug-likeness (QED) is 0.648. The van der Waals surface area contributed by atoms with Crippen LogP contribution in [0.1, 0.15) is 41.4 Å². The Morgan fingerprint density at radius 3 is 2.90 bits per heavy atom. The predicted octanol–water partition coefficient (Wildman–Crippen LogP) is 4.45. The van der Waals surface area contributed by atoms with Crippen molar-refractivity contribution in [2.75, 3.05) is 26.0 Å². The lowest BCUT2D eigenvalue weighted by Crippen LogP contribution is -2.24. The number of rotatable bonds is 7. The number of methoxy groups -OCH3 is 1. The number of likely N-dealkylation sites (tertiary alicyclic amines) is 1. The molecule has 3 heterocycles. The average molecular weight is 389 g/mol. The highest BCUT2D eigenvalue weighted by molar-refractivity contribution is 5.43. The SMILES string of the molecule is CNc1ncccc1CN1CCCC1c1cccc(Cc2cccc(OC)c2)n1. The fourth-order valence-electron chi connectivity index (χ4n) is 4.13. The van der Waals surface area contributed by atoms with Crippen LogP contribution in [-0.2, 0) is 13.0 Å². The van der Waals surface area contributed by atoms with Crippen molar-refractivity contribution in [2.24, 2.45) is 0 Å². The molecule has 0 bridgehead atoms. The van der Waals surface area contributed by atoms with Gasteiger partial charge in [-0.2, -0.15) is 0 Å². The monoisotopic (exact) mass is 388 g/mol. The molecule has 2 aromatic heterocycles. The van der Waals surface area contributed by atoms with Gasteiger partial charge in [-0.1, -0.05) is 24.3 Å². The van der Waals surface area contributed by atoms with E-state index in [1.54, 1.807) is 7.11 Å². The zero-order chi connectivity index (χ0) is 20.1. The Balaban J connectivity index is 1.52. The molecule has 1 aliphatic heterocycles. The maximum absolute atomic E-state index is 5.35. The van der Waals surface area contributed by atoms with E-state index in [1.807, 2.05) is 31.4 Å². The number of aromatic nitrogens is 2. The van der Waals surface area contributed by atoms with E-state index in [2.05, 4.69) is 51.6 Å². The van der Waals surface area contributed by atoms with Crippen molar-refractivity contribution in [3.8, 4) is 5.75 Å². The Morgan fingerprint density at radius 1 is 1.14 bits per heavy atom. The third-order valence-corrected chi connectivity index (χ3v) is 5.55. The van der Waals surface area contributed by atoms with Crippen molar-refractivity contribution in [2.45, 2.75) is 31.8 Å². The van der Waals surface area contributed by atoms with Gasteiger partial charge in [-0.15, -0.1) is 0 Å². The maximum atomic E-state index is 5.35. The van der Waals surface area contributed by atoms with E-state index in [9.17, 15) is 0 Å². The first-order chi connectivity index (χ1) is 14.3. The number of nitrogens with one attached hydrogen (secondary N) is 1. The number of nitrogens with zero attached hydrogens (tertiary/aromatic N) is 3. The maximum Gasteiger partial charge on any atom is 0.130 e. The smallest absolute Gasteiger partial charge is 0.130 e. The fraction of sp³-hybridized carbons (Fsp3) is 0.333. The van der Waals surface area contributed by atoms with E-state index < -0.39 is 0 Å². The van der Waals surface area contributed by atoms with Gasteiger partial charge in [0.15, 0.2) is 0 Å². The molecule has 0 radical (unpaired) electrons. The van der Waals surface area contributed by atoms with Crippen molar-refractivity contribution in [1.29, 1.82) is 0 Å². The molecule has 0 aliphatic carbocycles. The van der Waals surface area contributed by atoms with Crippen LogP contribution in [-0.4, -0.2) is 35.6 Å². The highest BCUT2D eigenvalue weighted by Gasteiger charge is 2.27. The summed E-state index contributed by atoms with van der Waals surface area (Å²) in [6.45, 7) is 1.97. The Kier molecular flexibility index (Phi) is 6.06. The zero-order valence-corrected chi connectivity index (χ0v) is 17.1. The molecule has 5 nitrogen and oxygen atoms in total. The molecule has 3 aromatic rings. The summed E-state index contributed by atoms with van der Waals surface area (Å²) in [7, 11) is 3.63. The highest BCUT2D eigenvalue weighted by Crippen LogP contribution is 2.33. The molecular weight excluding hydrogens is 360 g/mol. The molecule has 5 heteroatoms. The molecule has 1 aromatic carbocycles. The Labute approximate surface area is 172 Å². The number of anilines is 1. The van der Waals surface area contributed by atoms with Gasteiger partial charge in [0.1, 0.15) is 11.6 Å². The standard InChI is InChI=1S/C24H28N4O/c1-25-24-19(8-5-13-26-24)17-28-14-6-12-23(28)22-11-4-9-20(27-22)15-18-7-3-10-21(16-18)29-2/h3-5,7-11,13,16,23H,6,12,14-15,17H2,1-2H3,(H,25,26). The normalized spacial score (nSPS) is 16.7. The second kappa shape index (κ2) is 9.05. The van der Waals surface area contributed by atoms with Crippen LogP contribution in [0.5, 0.6) is 5.75 Å². The molecule has 150 valence electrons. The van der Waals surface area contributed by atoms with Crippen molar-refractivity contribution in [1.82, 2.24) is 14.9 Å². The second-order valence-electron chi connectivity index (χ2n) is 7.47. The molecule has 29 heavy (non-hydrogen) atoms. The summed E-state index contributed by atoms with van der Waals surface area (Å²) >= 11 is 0. The lowest BCUT2D eigenvalue weighted by Gasteiger charge is -2.25. The van der Waals surface area contributed by atoms with Gasteiger partial charge in [0.2, 0.25) is 0 Å². The Morgan fingerprint density at radius 2 is 2.03 bits per heavy atom. The van der Waals surface area contributed by atoms with Crippen LogP contribution >= 0.6 is 0 Å². The highest BCUT2D eigenvalue weighted by atomic mass is 16.5. The van der Waals surface area contributed by atoms with Crippen molar-refractivity contribution in [3.05, 3.63) is 83.3 Å². The molecule has 1 atom stereocenters. The lowest BCUT2D eigenvalue weighted by atomic mass is 10.1. The van der Waals surface area contributed by atoms with E-state index in [-0.39, 0.29) is 0 Å². The molecule has 4 rings (SSSR count). The first-order valence-corrected chi connectivity index (χ1v) is 10.2. The van der Waals surface area contributed by atoms with E-state index in [4.69, 9.17) is 9.72 Å². The Hall–Kier alpha value is -2.92. The first kappa shape index (κ1) is 19.4. The molecule has 0 spiro atoms. The summed E-state index contributed by atoms with van der Waals surface area (Å²) in [6.07, 6.45) is 4.98. The van der Waals surface area contributed by atoms with E-state index in [0.717, 1.165) is 48.9 Å². The number of benzene rings is 1. The number of pyridine rings is 2. The van der Waals surface area contributed by atoms with Crippen LogP contribution in [0.25, 0.3) is 0 Å². The molecule has 1 saturated heterocycles.